The minimum atomic E-state index is 0.241. The van der Waals surface area contributed by atoms with E-state index in [1.807, 2.05) is 6.92 Å². The molecule has 0 spiro atoms. The van der Waals surface area contributed by atoms with Gasteiger partial charge in [0, 0.05) is 6.54 Å². The summed E-state index contributed by atoms with van der Waals surface area (Å²) in [5, 5.41) is 3.54. The normalized spacial score (nSPS) is 12.4. The third-order valence-electron chi connectivity index (χ3n) is 3.21. The van der Waals surface area contributed by atoms with Crippen molar-refractivity contribution in [3.63, 3.8) is 0 Å². The number of unbranched alkanes of at least 4 members (excludes halogenated alkanes) is 1. The quantitative estimate of drug-likeness (QED) is 0.743. The molecule has 0 aliphatic rings. The van der Waals surface area contributed by atoms with Crippen molar-refractivity contribution in [2.45, 2.75) is 46.5 Å². The molecule has 1 atom stereocenters. The van der Waals surface area contributed by atoms with Gasteiger partial charge in [-0.15, -0.1) is 0 Å². The molecule has 5 heteroatoms. The van der Waals surface area contributed by atoms with Gasteiger partial charge in [-0.1, -0.05) is 33.1 Å². The van der Waals surface area contributed by atoms with Gasteiger partial charge in [-0.2, -0.15) is 4.98 Å². The zero-order chi connectivity index (χ0) is 13.5. The summed E-state index contributed by atoms with van der Waals surface area (Å²) in [6, 6.07) is 0. The Morgan fingerprint density at radius 1 is 1.33 bits per heavy atom. The molecular formula is C13H23ClN4. The summed E-state index contributed by atoms with van der Waals surface area (Å²) in [7, 11) is 0. The van der Waals surface area contributed by atoms with E-state index in [9.17, 15) is 0 Å². The minimum absolute atomic E-state index is 0.241. The summed E-state index contributed by atoms with van der Waals surface area (Å²) in [6.45, 7) is 7.14. The number of hydrogen-bond acceptors (Lipinski definition) is 4. The third kappa shape index (κ3) is 4.33. The molecule has 0 amide bonds. The van der Waals surface area contributed by atoms with E-state index in [0.717, 1.165) is 18.7 Å². The Kier molecular flexibility index (Phi) is 6.19. The molecule has 1 aromatic heterocycles. The van der Waals surface area contributed by atoms with E-state index in [0.29, 0.717) is 17.4 Å². The van der Waals surface area contributed by atoms with Crippen molar-refractivity contribution in [2.24, 2.45) is 5.92 Å². The molecule has 102 valence electrons. The molecule has 3 N–H and O–H groups in total. The number of anilines is 2. The molecular weight excluding hydrogens is 248 g/mol. The molecule has 4 nitrogen and oxygen atoms in total. The van der Waals surface area contributed by atoms with Crippen molar-refractivity contribution >= 4 is 23.1 Å². The second kappa shape index (κ2) is 7.41. The monoisotopic (exact) mass is 270 g/mol. The van der Waals surface area contributed by atoms with Gasteiger partial charge in [0.1, 0.15) is 0 Å². The number of halogens is 1. The highest BCUT2D eigenvalue weighted by molar-refractivity contribution is 6.28. The predicted octanol–water partition coefficient (Wildman–Crippen LogP) is 3.65. The van der Waals surface area contributed by atoms with Gasteiger partial charge >= 0.3 is 0 Å². The highest BCUT2D eigenvalue weighted by Crippen LogP contribution is 2.22. The Labute approximate surface area is 114 Å². The molecule has 1 rings (SSSR count). The second-order valence-electron chi connectivity index (χ2n) is 4.64. The Morgan fingerprint density at radius 3 is 2.67 bits per heavy atom. The van der Waals surface area contributed by atoms with E-state index in [4.69, 9.17) is 17.3 Å². The zero-order valence-electron chi connectivity index (χ0n) is 11.5. The molecule has 0 aliphatic heterocycles. The van der Waals surface area contributed by atoms with Crippen LogP contribution in [0.3, 0.4) is 0 Å². The van der Waals surface area contributed by atoms with Crippen molar-refractivity contribution < 1.29 is 0 Å². The Balaban J connectivity index is 2.61. The van der Waals surface area contributed by atoms with Crippen molar-refractivity contribution in [3.05, 3.63) is 11.0 Å². The predicted molar refractivity (Wildman–Crippen MR) is 78.0 cm³/mol. The molecule has 0 fully saturated rings. The van der Waals surface area contributed by atoms with Gasteiger partial charge < -0.3 is 11.1 Å². The number of aryl methyl sites for hydroxylation is 1. The second-order valence-corrected chi connectivity index (χ2v) is 4.98. The maximum absolute atomic E-state index is 5.93. The van der Waals surface area contributed by atoms with Gasteiger partial charge in [-0.05, 0) is 30.9 Å². The molecule has 1 heterocycles. The molecule has 0 saturated heterocycles. The van der Waals surface area contributed by atoms with E-state index < -0.39 is 0 Å². The highest BCUT2D eigenvalue weighted by atomic mass is 35.5. The zero-order valence-corrected chi connectivity index (χ0v) is 12.2. The van der Waals surface area contributed by atoms with E-state index in [-0.39, 0.29) is 5.28 Å². The summed E-state index contributed by atoms with van der Waals surface area (Å²) in [5.41, 5.74) is 7.24. The first kappa shape index (κ1) is 15.0. The standard InChI is InChI=1S/C13H23ClN4/c1-4-6-7-10(5-2)8-16-12-11(15)9(3)17-13(14)18-12/h10H,4-8,15H2,1-3H3,(H,16,17,18). The van der Waals surface area contributed by atoms with E-state index in [2.05, 4.69) is 29.1 Å². The fourth-order valence-electron chi connectivity index (χ4n) is 1.87. The first-order chi connectivity index (χ1) is 8.58. The van der Waals surface area contributed by atoms with Crippen LogP contribution in [0, 0.1) is 12.8 Å². The number of nitrogens with zero attached hydrogens (tertiary/aromatic N) is 2. The van der Waals surface area contributed by atoms with E-state index >= 15 is 0 Å². The van der Waals surface area contributed by atoms with E-state index in [1.54, 1.807) is 0 Å². The summed E-state index contributed by atoms with van der Waals surface area (Å²) in [4.78, 5) is 8.16. The SMILES string of the molecule is CCCCC(CC)CNc1nc(Cl)nc(C)c1N. The van der Waals surface area contributed by atoms with Crippen molar-refractivity contribution in [1.29, 1.82) is 0 Å². The maximum Gasteiger partial charge on any atom is 0.224 e. The molecule has 18 heavy (non-hydrogen) atoms. The molecule has 0 aliphatic carbocycles. The highest BCUT2D eigenvalue weighted by Gasteiger charge is 2.10. The van der Waals surface area contributed by atoms with Crippen LogP contribution < -0.4 is 11.1 Å². The van der Waals surface area contributed by atoms with Gasteiger partial charge in [0.15, 0.2) is 5.82 Å². The molecule has 1 unspecified atom stereocenters. The minimum Gasteiger partial charge on any atom is -0.394 e. The van der Waals surface area contributed by atoms with Gasteiger partial charge in [-0.3, -0.25) is 0 Å². The lowest BCUT2D eigenvalue weighted by atomic mass is 9.99. The van der Waals surface area contributed by atoms with E-state index in [1.165, 1.54) is 19.3 Å². The average Bonchev–Trinajstić information content (AvgIpc) is 2.35. The smallest absolute Gasteiger partial charge is 0.224 e. The lowest BCUT2D eigenvalue weighted by Gasteiger charge is -2.17. The first-order valence-corrected chi connectivity index (χ1v) is 6.99. The van der Waals surface area contributed by atoms with Crippen molar-refractivity contribution in [3.8, 4) is 0 Å². The van der Waals surface area contributed by atoms with Crippen LogP contribution in [0.4, 0.5) is 11.5 Å². The summed E-state index contributed by atoms with van der Waals surface area (Å²) >= 11 is 5.84. The Hall–Kier alpha value is -1.03. The number of hydrogen-bond donors (Lipinski definition) is 2. The summed E-state index contributed by atoms with van der Waals surface area (Å²) in [6.07, 6.45) is 4.89. The van der Waals surface area contributed by atoms with Gasteiger partial charge in [-0.25, -0.2) is 4.98 Å². The molecule has 0 bridgehead atoms. The summed E-state index contributed by atoms with van der Waals surface area (Å²) in [5.74, 6) is 1.31. The van der Waals surface area contributed by atoms with Crippen LogP contribution in [-0.4, -0.2) is 16.5 Å². The number of aromatic nitrogens is 2. The van der Waals surface area contributed by atoms with Crippen LogP contribution in [0.2, 0.25) is 5.28 Å². The first-order valence-electron chi connectivity index (χ1n) is 6.61. The Morgan fingerprint density at radius 2 is 2.06 bits per heavy atom. The number of nitrogen functional groups attached to an aromatic ring is 1. The average molecular weight is 271 g/mol. The fourth-order valence-corrected chi connectivity index (χ4v) is 2.08. The third-order valence-corrected chi connectivity index (χ3v) is 3.38. The topological polar surface area (TPSA) is 63.8 Å². The van der Waals surface area contributed by atoms with Gasteiger partial charge in [0.25, 0.3) is 0 Å². The molecule has 0 radical (unpaired) electrons. The lowest BCUT2D eigenvalue weighted by Crippen LogP contribution is -2.16. The summed E-state index contributed by atoms with van der Waals surface area (Å²) < 4.78 is 0. The van der Waals surface area contributed by atoms with Gasteiger partial charge in [0.2, 0.25) is 5.28 Å². The van der Waals surface area contributed by atoms with Crippen LogP contribution in [0.15, 0.2) is 0 Å². The Bertz CT molecular complexity index is 381. The van der Waals surface area contributed by atoms with Crippen LogP contribution in [0.25, 0.3) is 0 Å². The molecule has 0 aromatic carbocycles. The number of rotatable bonds is 7. The molecule has 0 saturated carbocycles. The largest absolute Gasteiger partial charge is 0.394 e. The lowest BCUT2D eigenvalue weighted by molar-refractivity contribution is 0.472. The van der Waals surface area contributed by atoms with Crippen LogP contribution in [-0.2, 0) is 0 Å². The maximum atomic E-state index is 5.93. The number of nitrogens with two attached hydrogens (primary N) is 1. The van der Waals surface area contributed by atoms with Gasteiger partial charge in [0.05, 0.1) is 11.4 Å². The number of nitrogens with one attached hydrogen (secondary N) is 1. The van der Waals surface area contributed by atoms with Crippen molar-refractivity contribution in [1.82, 2.24) is 9.97 Å². The van der Waals surface area contributed by atoms with Crippen LogP contribution in [0.1, 0.15) is 45.2 Å². The van der Waals surface area contributed by atoms with Crippen LogP contribution >= 0.6 is 11.6 Å². The van der Waals surface area contributed by atoms with Crippen molar-refractivity contribution in [2.75, 3.05) is 17.6 Å². The fraction of sp³-hybridized carbons (Fsp3) is 0.692. The van der Waals surface area contributed by atoms with Crippen LogP contribution in [0.5, 0.6) is 0 Å². The molecule has 1 aromatic rings.